The number of furan rings is 1. The Morgan fingerprint density at radius 1 is 1.60 bits per heavy atom. The summed E-state index contributed by atoms with van der Waals surface area (Å²) in [7, 11) is 1.76. The molecular formula is C9H8ClN3O2. The fourth-order valence-corrected chi connectivity index (χ4v) is 1.26. The first-order chi connectivity index (χ1) is 7.15. The van der Waals surface area contributed by atoms with Crippen molar-refractivity contribution in [3.05, 3.63) is 35.5 Å². The molecule has 5 nitrogen and oxygen atoms in total. The minimum Gasteiger partial charge on any atom is -0.440 e. The normalized spacial score (nSPS) is 10.3. The smallest absolute Gasteiger partial charge is 0.291 e. The topological polar surface area (TPSA) is 60.1 Å². The largest absolute Gasteiger partial charge is 0.440 e. The zero-order chi connectivity index (χ0) is 10.8. The Labute approximate surface area is 90.6 Å². The van der Waals surface area contributed by atoms with Crippen LogP contribution in [0, 0.1) is 0 Å². The molecule has 1 amide bonds. The molecule has 0 radical (unpaired) electrons. The Balaban J connectivity index is 2.10. The molecule has 0 spiro atoms. The van der Waals surface area contributed by atoms with E-state index in [1.54, 1.807) is 24.1 Å². The van der Waals surface area contributed by atoms with E-state index in [4.69, 9.17) is 16.0 Å². The maximum Gasteiger partial charge on any atom is 0.291 e. The monoisotopic (exact) mass is 225 g/mol. The van der Waals surface area contributed by atoms with Gasteiger partial charge in [0.1, 0.15) is 0 Å². The number of aryl methyl sites for hydroxylation is 1. The highest BCUT2D eigenvalue weighted by Crippen LogP contribution is 2.14. The first-order valence-electron chi connectivity index (χ1n) is 4.20. The van der Waals surface area contributed by atoms with E-state index in [2.05, 4.69) is 10.4 Å². The van der Waals surface area contributed by atoms with Gasteiger partial charge in [0.15, 0.2) is 11.0 Å². The third kappa shape index (κ3) is 2.19. The number of halogens is 1. The molecule has 2 aromatic heterocycles. The molecule has 0 aliphatic carbocycles. The predicted molar refractivity (Wildman–Crippen MR) is 54.9 cm³/mol. The molecule has 78 valence electrons. The number of hydrogen-bond acceptors (Lipinski definition) is 3. The lowest BCUT2D eigenvalue weighted by atomic mass is 10.4. The van der Waals surface area contributed by atoms with Crippen molar-refractivity contribution in [2.24, 2.45) is 7.05 Å². The molecule has 0 aliphatic rings. The van der Waals surface area contributed by atoms with E-state index in [1.165, 1.54) is 12.1 Å². The van der Waals surface area contributed by atoms with Crippen LogP contribution in [-0.2, 0) is 7.05 Å². The predicted octanol–water partition coefficient (Wildman–Crippen LogP) is 1.92. The zero-order valence-electron chi connectivity index (χ0n) is 7.90. The molecule has 0 unspecified atom stereocenters. The van der Waals surface area contributed by atoms with Gasteiger partial charge in [-0.05, 0) is 23.7 Å². The highest BCUT2D eigenvalue weighted by Gasteiger charge is 2.11. The van der Waals surface area contributed by atoms with Gasteiger partial charge in [-0.2, -0.15) is 5.10 Å². The van der Waals surface area contributed by atoms with Crippen molar-refractivity contribution in [2.75, 3.05) is 5.32 Å². The van der Waals surface area contributed by atoms with E-state index >= 15 is 0 Å². The van der Waals surface area contributed by atoms with Crippen molar-refractivity contribution in [2.45, 2.75) is 0 Å². The van der Waals surface area contributed by atoms with Gasteiger partial charge in [-0.1, -0.05) is 0 Å². The number of anilines is 1. The summed E-state index contributed by atoms with van der Waals surface area (Å²) in [4.78, 5) is 11.5. The molecule has 2 heterocycles. The second-order valence-corrected chi connectivity index (χ2v) is 3.33. The van der Waals surface area contributed by atoms with Gasteiger partial charge in [-0.25, -0.2) is 0 Å². The highest BCUT2D eigenvalue weighted by atomic mass is 35.5. The molecule has 2 rings (SSSR count). The summed E-state index contributed by atoms with van der Waals surface area (Å²) in [6, 6.07) is 3.02. The van der Waals surface area contributed by atoms with Gasteiger partial charge >= 0.3 is 0 Å². The number of carbonyl (C=O) groups excluding carboxylic acids is 1. The quantitative estimate of drug-likeness (QED) is 0.850. The van der Waals surface area contributed by atoms with Crippen molar-refractivity contribution in [1.82, 2.24) is 9.78 Å². The number of nitrogens with one attached hydrogen (secondary N) is 1. The van der Waals surface area contributed by atoms with Crippen LogP contribution < -0.4 is 5.32 Å². The van der Waals surface area contributed by atoms with E-state index in [1.807, 2.05) is 0 Å². The molecule has 2 aromatic rings. The van der Waals surface area contributed by atoms with E-state index in [9.17, 15) is 4.79 Å². The van der Waals surface area contributed by atoms with Crippen LogP contribution in [-0.4, -0.2) is 15.7 Å². The molecule has 0 aromatic carbocycles. The van der Waals surface area contributed by atoms with Gasteiger partial charge < -0.3 is 9.73 Å². The van der Waals surface area contributed by atoms with Gasteiger partial charge in [0.2, 0.25) is 0 Å². The zero-order valence-corrected chi connectivity index (χ0v) is 8.65. The van der Waals surface area contributed by atoms with Crippen molar-refractivity contribution in [1.29, 1.82) is 0 Å². The molecule has 0 saturated carbocycles. The molecule has 6 heteroatoms. The molecule has 0 atom stereocenters. The molecule has 0 bridgehead atoms. The molecule has 1 N–H and O–H groups in total. The fourth-order valence-electron chi connectivity index (χ4n) is 1.11. The number of carbonyl (C=O) groups is 1. The number of rotatable bonds is 2. The van der Waals surface area contributed by atoms with Crippen LogP contribution in [0.3, 0.4) is 0 Å². The maximum absolute atomic E-state index is 11.5. The molecular weight excluding hydrogens is 218 g/mol. The van der Waals surface area contributed by atoms with Crippen molar-refractivity contribution >= 4 is 23.2 Å². The number of aromatic nitrogens is 2. The van der Waals surface area contributed by atoms with Crippen molar-refractivity contribution in [3.63, 3.8) is 0 Å². The first-order valence-corrected chi connectivity index (χ1v) is 4.58. The Kier molecular flexibility index (Phi) is 2.47. The van der Waals surface area contributed by atoms with Crippen LogP contribution >= 0.6 is 11.6 Å². The van der Waals surface area contributed by atoms with Crippen LogP contribution in [0.2, 0.25) is 5.22 Å². The van der Waals surface area contributed by atoms with Crippen LogP contribution in [0.5, 0.6) is 0 Å². The third-order valence-electron chi connectivity index (χ3n) is 1.76. The standard InChI is InChI=1S/C9H8ClN3O2/c1-13-5-6(4-11-13)12-9(14)7-2-3-8(10)15-7/h2-5H,1H3,(H,12,14). The average Bonchev–Trinajstić information content (AvgIpc) is 2.75. The molecule has 0 saturated heterocycles. The number of amides is 1. The Bertz CT molecular complexity index is 489. The lowest BCUT2D eigenvalue weighted by Crippen LogP contribution is -2.10. The lowest BCUT2D eigenvalue weighted by Gasteiger charge is -1.97. The third-order valence-corrected chi connectivity index (χ3v) is 1.96. The minimum absolute atomic E-state index is 0.170. The van der Waals surface area contributed by atoms with Crippen LogP contribution in [0.25, 0.3) is 0 Å². The van der Waals surface area contributed by atoms with E-state index in [0.29, 0.717) is 5.69 Å². The summed E-state index contributed by atoms with van der Waals surface area (Å²) < 4.78 is 6.54. The second-order valence-electron chi connectivity index (χ2n) is 2.96. The fraction of sp³-hybridized carbons (Fsp3) is 0.111. The summed E-state index contributed by atoms with van der Waals surface area (Å²) in [6.07, 6.45) is 3.23. The summed E-state index contributed by atoms with van der Waals surface area (Å²) in [5.74, 6) is -0.182. The number of nitrogens with zero attached hydrogens (tertiary/aromatic N) is 2. The Morgan fingerprint density at radius 3 is 2.93 bits per heavy atom. The van der Waals surface area contributed by atoms with Crippen LogP contribution in [0.4, 0.5) is 5.69 Å². The average molecular weight is 226 g/mol. The first kappa shape index (κ1) is 9.79. The van der Waals surface area contributed by atoms with Crippen LogP contribution in [0.15, 0.2) is 28.9 Å². The highest BCUT2D eigenvalue weighted by molar-refractivity contribution is 6.29. The summed E-state index contributed by atoms with van der Waals surface area (Å²) >= 11 is 5.55. The van der Waals surface area contributed by atoms with Gasteiger partial charge in [0, 0.05) is 13.2 Å². The van der Waals surface area contributed by atoms with Gasteiger partial charge in [-0.15, -0.1) is 0 Å². The lowest BCUT2D eigenvalue weighted by molar-refractivity contribution is 0.0997. The maximum atomic E-state index is 11.5. The summed E-state index contributed by atoms with van der Waals surface area (Å²) in [5.41, 5.74) is 0.607. The molecule has 15 heavy (non-hydrogen) atoms. The van der Waals surface area contributed by atoms with Gasteiger partial charge in [0.25, 0.3) is 5.91 Å². The summed E-state index contributed by atoms with van der Waals surface area (Å²) in [5, 5.41) is 6.72. The molecule has 0 fully saturated rings. The Morgan fingerprint density at radius 2 is 2.40 bits per heavy atom. The van der Waals surface area contributed by atoms with E-state index < -0.39 is 0 Å². The SMILES string of the molecule is Cn1cc(NC(=O)c2ccc(Cl)o2)cn1. The van der Waals surface area contributed by atoms with Gasteiger partial charge in [-0.3, -0.25) is 9.48 Å². The van der Waals surface area contributed by atoms with E-state index in [0.717, 1.165) is 0 Å². The molecule has 0 aliphatic heterocycles. The number of hydrogen-bond donors (Lipinski definition) is 1. The van der Waals surface area contributed by atoms with Crippen molar-refractivity contribution in [3.8, 4) is 0 Å². The summed E-state index contributed by atoms with van der Waals surface area (Å²) in [6.45, 7) is 0. The van der Waals surface area contributed by atoms with E-state index in [-0.39, 0.29) is 16.9 Å². The minimum atomic E-state index is -0.352. The van der Waals surface area contributed by atoms with Gasteiger partial charge in [0.05, 0.1) is 11.9 Å². The second kappa shape index (κ2) is 3.78. The Hall–Kier alpha value is -1.75. The van der Waals surface area contributed by atoms with Crippen LogP contribution in [0.1, 0.15) is 10.6 Å². The van der Waals surface area contributed by atoms with Crippen molar-refractivity contribution < 1.29 is 9.21 Å².